The number of hydrogen-bond donors (Lipinski definition) is 1. The van der Waals surface area contributed by atoms with Crippen LogP contribution in [0.3, 0.4) is 0 Å². The average Bonchev–Trinajstić information content (AvgIpc) is 2.99. The highest BCUT2D eigenvalue weighted by Gasteiger charge is 2.19. The molecule has 1 aromatic carbocycles. The van der Waals surface area contributed by atoms with Gasteiger partial charge in [-0.2, -0.15) is 0 Å². The van der Waals surface area contributed by atoms with Crippen molar-refractivity contribution in [3.05, 3.63) is 41.8 Å². The number of hydrogen-bond acceptors (Lipinski definition) is 4. The molecule has 118 valence electrons. The van der Waals surface area contributed by atoms with Crippen molar-refractivity contribution in [3.8, 4) is 11.5 Å². The van der Waals surface area contributed by atoms with Crippen molar-refractivity contribution in [3.63, 3.8) is 0 Å². The Kier molecular flexibility index (Phi) is 4.49. The van der Waals surface area contributed by atoms with Crippen LogP contribution in [0.15, 0.2) is 28.9 Å². The molecule has 6 heteroatoms. The number of aliphatic hydroxyl groups is 1. The van der Waals surface area contributed by atoms with Crippen LogP contribution in [-0.4, -0.2) is 34.7 Å². The molecule has 0 radical (unpaired) electrons. The van der Waals surface area contributed by atoms with Crippen LogP contribution in [0.25, 0.3) is 11.5 Å². The molecule has 2 heterocycles. The van der Waals surface area contributed by atoms with Gasteiger partial charge in [0.05, 0.1) is 5.69 Å². The summed E-state index contributed by atoms with van der Waals surface area (Å²) in [6, 6.07) is 3.59. The van der Waals surface area contributed by atoms with E-state index < -0.39 is 11.6 Å². The van der Waals surface area contributed by atoms with Gasteiger partial charge in [0.1, 0.15) is 6.26 Å². The van der Waals surface area contributed by atoms with E-state index in [2.05, 4.69) is 9.88 Å². The van der Waals surface area contributed by atoms with Crippen molar-refractivity contribution in [1.29, 1.82) is 0 Å². The van der Waals surface area contributed by atoms with Crippen LogP contribution in [0.1, 0.15) is 18.5 Å². The van der Waals surface area contributed by atoms with E-state index in [1.54, 1.807) is 6.26 Å². The minimum absolute atomic E-state index is 0.248. The Bertz CT molecular complexity index is 637. The first-order valence-electron chi connectivity index (χ1n) is 7.38. The van der Waals surface area contributed by atoms with Gasteiger partial charge in [-0.15, -0.1) is 0 Å². The molecule has 0 amide bonds. The first-order chi connectivity index (χ1) is 10.7. The summed E-state index contributed by atoms with van der Waals surface area (Å²) in [5.41, 5.74) is 1.19. The Labute approximate surface area is 127 Å². The Morgan fingerprint density at radius 3 is 2.68 bits per heavy atom. The summed E-state index contributed by atoms with van der Waals surface area (Å²) in [7, 11) is 0. The molecule has 22 heavy (non-hydrogen) atoms. The van der Waals surface area contributed by atoms with E-state index in [1.807, 2.05) is 0 Å². The standard InChI is InChI=1S/C16H18F2N2O2/c17-14-2-1-12(7-15(14)18)16-19-13(10-22-16)8-20-5-3-11(9-21)4-6-20/h1-2,7,10-11,21H,3-6,8-9H2. The number of rotatable bonds is 4. The molecule has 0 spiro atoms. The second-order valence-corrected chi connectivity index (χ2v) is 5.67. The Morgan fingerprint density at radius 2 is 2.00 bits per heavy atom. The third kappa shape index (κ3) is 3.34. The van der Waals surface area contributed by atoms with Gasteiger partial charge in [-0.05, 0) is 50.0 Å². The Balaban J connectivity index is 1.65. The normalized spacial score (nSPS) is 17.0. The van der Waals surface area contributed by atoms with Crippen LogP contribution in [0.5, 0.6) is 0 Å². The summed E-state index contributed by atoms with van der Waals surface area (Å²) < 4.78 is 31.5. The Hall–Kier alpha value is -1.79. The van der Waals surface area contributed by atoms with Crippen molar-refractivity contribution >= 4 is 0 Å². The largest absolute Gasteiger partial charge is 0.444 e. The number of nitrogens with zero attached hydrogens (tertiary/aromatic N) is 2. The predicted molar refractivity (Wildman–Crippen MR) is 76.9 cm³/mol. The molecular weight excluding hydrogens is 290 g/mol. The molecule has 1 saturated heterocycles. The van der Waals surface area contributed by atoms with Crippen LogP contribution in [0.2, 0.25) is 0 Å². The quantitative estimate of drug-likeness (QED) is 0.943. The summed E-state index contributed by atoms with van der Waals surface area (Å²) in [6.07, 6.45) is 3.50. The van der Waals surface area contributed by atoms with E-state index in [-0.39, 0.29) is 6.61 Å². The topological polar surface area (TPSA) is 49.5 Å². The second kappa shape index (κ2) is 6.54. The van der Waals surface area contributed by atoms with Gasteiger partial charge < -0.3 is 9.52 Å². The number of halogens is 2. The molecule has 4 nitrogen and oxygen atoms in total. The summed E-state index contributed by atoms with van der Waals surface area (Å²) in [5, 5.41) is 9.14. The van der Waals surface area contributed by atoms with E-state index in [1.165, 1.54) is 6.07 Å². The summed E-state index contributed by atoms with van der Waals surface area (Å²) in [5.74, 6) is -1.11. The molecule has 0 saturated carbocycles. The lowest BCUT2D eigenvalue weighted by atomic mass is 9.98. The maximum atomic E-state index is 13.2. The first kappa shape index (κ1) is 15.1. The fraction of sp³-hybridized carbons (Fsp3) is 0.438. The zero-order chi connectivity index (χ0) is 15.5. The van der Waals surface area contributed by atoms with Gasteiger partial charge in [0.25, 0.3) is 0 Å². The van der Waals surface area contributed by atoms with Gasteiger partial charge in [0, 0.05) is 18.7 Å². The SMILES string of the molecule is OCC1CCN(Cc2coc(-c3ccc(F)c(F)c3)n2)CC1. The van der Waals surface area contributed by atoms with E-state index >= 15 is 0 Å². The van der Waals surface area contributed by atoms with Crippen LogP contribution < -0.4 is 0 Å². The fourth-order valence-electron chi connectivity index (χ4n) is 2.70. The van der Waals surface area contributed by atoms with Crippen molar-refractivity contribution in [1.82, 2.24) is 9.88 Å². The van der Waals surface area contributed by atoms with Gasteiger partial charge in [0.2, 0.25) is 5.89 Å². The fourth-order valence-corrected chi connectivity index (χ4v) is 2.70. The summed E-state index contributed by atoms with van der Waals surface area (Å²) >= 11 is 0. The van der Waals surface area contributed by atoms with Crippen molar-refractivity contribution in [2.24, 2.45) is 5.92 Å². The third-order valence-electron chi connectivity index (χ3n) is 4.07. The molecule has 1 aliphatic heterocycles. The third-order valence-corrected chi connectivity index (χ3v) is 4.07. The van der Waals surface area contributed by atoms with Crippen molar-refractivity contribution < 1.29 is 18.3 Å². The molecule has 1 aromatic heterocycles. The number of likely N-dealkylation sites (tertiary alicyclic amines) is 1. The van der Waals surface area contributed by atoms with Gasteiger partial charge >= 0.3 is 0 Å². The van der Waals surface area contributed by atoms with Crippen LogP contribution in [-0.2, 0) is 6.54 Å². The van der Waals surface area contributed by atoms with Gasteiger partial charge in [-0.25, -0.2) is 13.8 Å². The minimum Gasteiger partial charge on any atom is -0.444 e. The van der Waals surface area contributed by atoms with Gasteiger partial charge in [0.15, 0.2) is 11.6 Å². The van der Waals surface area contributed by atoms with Crippen LogP contribution >= 0.6 is 0 Å². The maximum absolute atomic E-state index is 13.2. The van der Waals surface area contributed by atoms with E-state index in [4.69, 9.17) is 9.52 Å². The molecule has 0 aliphatic carbocycles. The molecular formula is C16H18F2N2O2. The maximum Gasteiger partial charge on any atom is 0.226 e. The zero-order valence-electron chi connectivity index (χ0n) is 12.1. The molecule has 0 atom stereocenters. The van der Waals surface area contributed by atoms with Crippen molar-refractivity contribution in [2.75, 3.05) is 19.7 Å². The molecule has 2 aromatic rings. The monoisotopic (exact) mass is 308 g/mol. The smallest absolute Gasteiger partial charge is 0.226 e. The predicted octanol–water partition coefficient (Wildman–Crippen LogP) is 2.82. The summed E-state index contributed by atoms with van der Waals surface area (Å²) in [4.78, 5) is 6.59. The Morgan fingerprint density at radius 1 is 1.23 bits per heavy atom. The van der Waals surface area contributed by atoms with E-state index in [0.29, 0.717) is 23.9 Å². The highest BCUT2D eigenvalue weighted by atomic mass is 19.2. The molecule has 1 N–H and O–H groups in total. The molecule has 1 fully saturated rings. The lowest BCUT2D eigenvalue weighted by Gasteiger charge is -2.30. The molecule has 3 rings (SSSR count). The first-order valence-corrected chi connectivity index (χ1v) is 7.38. The van der Waals surface area contributed by atoms with Crippen LogP contribution in [0.4, 0.5) is 8.78 Å². The van der Waals surface area contributed by atoms with Gasteiger partial charge in [-0.1, -0.05) is 0 Å². The molecule has 0 unspecified atom stereocenters. The van der Waals surface area contributed by atoms with E-state index in [0.717, 1.165) is 43.8 Å². The summed E-state index contributed by atoms with van der Waals surface area (Å²) in [6.45, 7) is 2.74. The zero-order valence-corrected chi connectivity index (χ0v) is 12.1. The number of piperidine rings is 1. The number of aliphatic hydroxyl groups excluding tert-OH is 1. The molecule has 1 aliphatic rings. The van der Waals surface area contributed by atoms with E-state index in [9.17, 15) is 8.78 Å². The molecule has 0 bridgehead atoms. The highest BCUT2D eigenvalue weighted by Crippen LogP contribution is 2.23. The van der Waals surface area contributed by atoms with Gasteiger partial charge in [-0.3, -0.25) is 4.90 Å². The number of oxazole rings is 1. The number of benzene rings is 1. The average molecular weight is 308 g/mol. The second-order valence-electron chi connectivity index (χ2n) is 5.67. The van der Waals surface area contributed by atoms with Crippen LogP contribution in [0, 0.1) is 17.6 Å². The minimum atomic E-state index is -0.914. The lowest BCUT2D eigenvalue weighted by molar-refractivity contribution is 0.126. The number of aromatic nitrogens is 1. The van der Waals surface area contributed by atoms with Crippen molar-refractivity contribution in [2.45, 2.75) is 19.4 Å². The lowest BCUT2D eigenvalue weighted by Crippen LogP contribution is -2.34. The highest BCUT2D eigenvalue weighted by molar-refractivity contribution is 5.53.